The smallest absolute Gasteiger partial charge is 0.237 e. The Hall–Kier alpha value is -0.570. The molecule has 0 aromatic rings. The van der Waals surface area contributed by atoms with E-state index < -0.39 is 0 Å². The van der Waals surface area contributed by atoms with E-state index in [1.165, 1.54) is 0 Å². The van der Waals surface area contributed by atoms with Crippen LogP contribution in [0.2, 0.25) is 0 Å². The monoisotopic (exact) mass is 114 g/mol. The second kappa shape index (κ2) is 2.13. The van der Waals surface area contributed by atoms with Crippen LogP contribution in [0.3, 0.4) is 0 Å². The SMILES string of the molecule is CCN1CNCC1=O. The molecule has 0 aliphatic carbocycles. The predicted octanol–water partition coefficient (Wildman–Crippen LogP) is -0.604. The normalized spacial score (nSPS) is 20.1. The van der Waals surface area contributed by atoms with Gasteiger partial charge in [0, 0.05) is 6.54 Å². The molecule has 0 radical (unpaired) electrons. The summed E-state index contributed by atoms with van der Waals surface area (Å²) in [5.74, 6) is 0.215. The summed E-state index contributed by atoms with van der Waals surface area (Å²) in [6.07, 6.45) is 0. The van der Waals surface area contributed by atoms with Gasteiger partial charge < -0.3 is 4.90 Å². The van der Waals surface area contributed by atoms with Gasteiger partial charge in [0.25, 0.3) is 0 Å². The molecule has 0 unspecified atom stereocenters. The Labute approximate surface area is 48.7 Å². The maximum absolute atomic E-state index is 10.7. The average Bonchev–Trinajstić information content (AvgIpc) is 2.14. The zero-order chi connectivity index (χ0) is 5.98. The van der Waals surface area contributed by atoms with Gasteiger partial charge in [-0.15, -0.1) is 0 Å². The quantitative estimate of drug-likeness (QED) is 0.493. The lowest BCUT2D eigenvalue weighted by molar-refractivity contribution is -0.126. The summed E-state index contributed by atoms with van der Waals surface area (Å²) in [4.78, 5) is 12.4. The summed E-state index contributed by atoms with van der Waals surface area (Å²) in [6, 6.07) is 0. The third-order valence-corrected chi connectivity index (χ3v) is 1.31. The standard InChI is InChI=1S/C5H10N2O/c1-2-7-4-6-3-5(7)8/h6H,2-4H2,1H3. The second-order valence-corrected chi connectivity index (χ2v) is 1.83. The van der Waals surface area contributed by atoms with E-state index in [1.807, 2.05) is 6.92 Å². The zero-order valence-corrected chi connectivity index (χ0v) is 4.98. The van der Waals surface area contributed by atoms with Crippen molar-refractivity contribution in [2.24, 2.45) is 0 Å². The van der Waals surface area contributed by atoms with Gasteiger partial charge in [0.1, 0.15) is 0 Å². The molecule has 1 rings (SSSR count). The topological polar surface area (TPSA) is 32.3 Å². The molecule has 8 heavy (non-hydrogen) atoms. The van der Waals surface area contributed by atoms with Crippen LogP contribution < -0.4 is 5.32 Å². The molecule has 0 spiro atoms. The second-order valence-electron chi connectivity index (χ2n) is 1.83. The molecule has 0 aromatic heterocycles. The Balaban J connectivity index is 2.42. The maximum atomic E-state index is 10.7. The fourth-order valence-electron chi connectivity index (χ4n) is 0.786. The van der Waals surface area contributed by atoms with Crippen molar-refractivity contribution in [2.45, 2.75) is 6.92 Å². The number of hydrogen-bond acceptors (Lipinski definition) is 2. The number of nitrogens with zero attached hydrogens (tertiary/aromatic N) is 1. The molecule has 0 bridgehead atoms. The van der Waals surface area contributed by atoms with Crippen LogP contribution in [0.5, 0.6) is 0 Å². The first kappa shape index (κ1) is 5.56. The van der Waals surface area contributed by atoms with Gasteiger partial charge in [0.2, 0.25) is 5.91 Å². The Morgan fingerprint density at radius 2 is 2.62 bits per heavy atom. The van der Waals surface area contributed by atoms with Crippen molar-refractivity contribution >= 4 is 5.91 Å². The zero-order valence-electron chi connectivity index (χ0n) is 4.98. The molecule has 1 aliphatic heterocycles. The third kappa shape index (κ3) is 0.816. The van der Waals surface area contributed by atoms with Crippen LogP contribution in [0.1, 0.15) is 6.92 Å². The van der Waals surface area contributed by atoms with Crippen LogP contribution in [0, 0.1) is 0 Å². The van der Waals surface area contributed by atoms with E-state index in [-0.39, 0.29) is 5.91 Å². The van der Waals surface area contributed by atoms with Gasteiger partial charge in [-0.2, -0.15) is 0 Å². The van der Waals surface area contributed by atoms with Crippen molar-refractivity contribution < 1.29 is 4.79 Å². The number of carbonyl (C=O) groups excluding carboxylic acids is 1. The summed E-state index contributed by atoms with van der Waals surface area (Å²) >= 11 is 0. The Morgan fingerprint density at radius 1 is 1.88 bits per heavy atom. The predicted molar refractivity (Wildman–Crippen MR) is 30.3 cm³/mol. The molecule has 1 aliphatic rings. The van der Waals surface area contributed by atoms with E-state index in [2.05, 4.69) is 5.32 Å². The highest BCUT2D eigenvalue weighted by molar-refractivity contribution is 5.79. The summed E-state index contributed by atoms with van der Waals surface area (Å²) in [6.45, 7) is 4.06. The van der Waals surface area contributed by atoms with Gasteiger partial charge in [-0.3, -0.25) is 10.1 Å². The number of amides is 1. The van der Waals surface area contributed by atoms with Crippen molar-refractivity contribution in [1.29, 1.82) is 0 Å². The lowest BCUT2D eigenvalue weighted by Crippen LogP contribution is -2.25. The summed E-state index contributed by atoms with van der Waals surface area (Å²) in [7, 11) is 0. The molecular formula is C5H10N2O. The molecule has 1 fully saturated rings. The average molecular weight is 114 g/mol. The maximum Gasteiger partial charge on any atom is 0.237 e. The lowest BCUT2D eigenvalue weighted by Gasteiger charge is -2.08. The minimum Gasteiger partial charge on any atom is -0.329 e. The van der Waals surface area contributed by atoms with Crippen molar-refractivity contribution in [3.8, 4) is 0 Å². The van der Waals surface area contributed by atoms with E-state index in [4.69, 9.17) is 0 Å². The highest BCUT2D eigenvalue weighted by Crippen LogP contribution is 1.91. The Morgan fingerprint density at radius 3 is 2.88 bits per heavy atom. The van der Waals surface area contributed by atoms with Crippen molar-refractivity contribution in [3.63, 3.8) is 0 Å². The van der Waals surface area contributed by atoms with Crippen LogP contribution in [0.25, 0.3) is 0 Å². The minimum atomic E-state index is 0.215. The summed E-state index contributed by atoms with van der Waals surface area (Å²) in [5.41, 5.74) is 0. The molecule has 46 valence electrons. The fourth-order valence-corrected chi connectivity index (χ4v) is 0.786. The highest BCUT2D eigenvalue weighted by Gasteiger charge is 2.16. The van der Waals surface area contributed by atoms with Crippen LogP contribution in [0.15, 0.2) is 0 Å². The van der Waals surface area contributed by atoms with E-state index in [1.54, 1.807) is 4.90 Å². The van der Waals surface area contributed by atoms with Gasteiger partial charge in [0.05, 0.1) is 13.2 Å². The largest absolute Gasteiger partial charge is 0.329 e. The summed E-state index contributed by atoms with van der Waals surface area (Å²) in [5, 5.41) is 2.95. The fraction of sp³-hybridized carbons (Fsp3) is 0.800. The van der Waals surface area contributed by atoms with Crippen molar-refractivity contribution in [3.05, 3.63) is 0 Å². The Bertz CT molecular complexity index is 103. The number of carbonyl (C=O) groups is 1. The van der Waals surface area contributed by atoms with E-state index in [0.717, 1.165) is 13.2 Å². The van der Waals surface area contributed by atoms with E-state index in [0.29, 0.717) is 6.54 Å². The van der Waals surface area contributed by atoms with Crippen LogP contribution >= 0.6 is 0 Å². The first-order valence-corrected chi connectivity index (χ1v) is 2.83. The van der Waals surface area contributed by atoms with E-state index in [9.17, 15) is 4.79 Å². The molecule has 3 heteroatoms. The molecule has 0 aromatic carbocycles. The van der Waals surface area contributed by atoms with Crippen LogP contribution in [-0.4, -0.2) is 30.6 Å². The van der Waals surface area contributed by atoms with Crippen LogP contribution in [0.4, 0.5) is 0 Å². The lowest BCUT2D eigenvalue weighted by atomic mass is 10.5. The number of hydrogen-bond donors (Lipinski definition) is 1. The van der Waals surface area contributed by atoms with Gasteiger partial charge in [0.15, 0.2) is 0 Å². The number of rotatable bonds is 1. The molecule has 1 N–H and O–H groups in total. The molecule has 1 amide bonds. The molecule has 1 heterocycles. The van der Waals surface area contributed by atoms with Crippen LogP contribution in [-0.2, 0) is 4.79 Å². The highest BCUT2D eigenvalue weighted by atomic mass is 16.2. The van der Waals surface area contributed by atoms with Crippen molar-refractivity contribution in [1.82, 2.24) is 10.2 Å². The first-order chi connectivity index (χ1) is 3.84. The molecular weight excluding hydrogens is 104 g/mol. The minimum absolute atomic E-state index is 0.215. The van der Waals surface area contributed by atoms with Crippen molar-refractivity contribution in [2.75, 3.05) is 19.8 Å². The molecule has 3 nitrogen and oxygen atoms in total. The first-order valence-electron chi connectivity index (χ1n) is 2.83. The van der Waals surface area contributed by atoms with Gasteiger partial charge in [-0.05, 0) is 6.92 Å². The van der Waals surface area contributed by atoms with E-state index >= 15 is 0 Å². The summed E-state index contributed by atoms with van der Waals surface area (Å²) < 4.78 is 0. The van der Waals surface area contributed by atoms with Gasteiger partial charge >= 0.3 is 0 Å². The molecule has 0 saturated carbocycles. The Kier molecular flexibility index (Phi) is 1.48. The molecule has 0 atom stereocenters. The van der Waals surface area contributed by atoms with Gasteiger partial charge in [-0.1, -0.05) is 0 Å². The third-order valence-electron chi connectivity index (χ3n) is 1.31. The molecule has 1 saturated heterocycles. The number of likely N-dealkylation sites (N-methyl/N-ethyl adjacent to an activating group) is 1. The van der Waals surface area contributed by atoms with Gasteiger partial charge in [-0.25, -0.2) is 0 Å². The number of nitrogens with one attached hydrogen (secondary N) is 1.